The van der Waals surface area contributed by atoms with Crippen LogP contribution < -0.4 is 5.43 Å². The molecular formula is C8H18N2O2. The topological polar surface area (TPSA) is 55.7 Å². The van der Waals surface area contributed by atoms with E-state index in [1.807, 2.05) is 0 Å². The van der Waals surface area contributed by atoms with Crippen LogP contribution in [0.15, 0.2) is 0 Å². The van der Waals surface area contributed by atoms with E-state index in [4.69, 9.17) is 5.11 Å². The van der Waals surface area contributed by atoms with Crippen molar-refractivity contribution in [2.24, 2.45) is 0 Å². The first-order chi connectivity index (χ1) is 5.64. The molecule has 1 rings (SSSR count). The van der Waals surface area contributed by atoms with Crippen molar-refractivity contribution in [3.63, 3.8) is 0 Å². The number of hydrogen-bond acceptors (Lipinski definition) is 4. The molecule has 0 spiro atoms. The Balaban J connectivity index is 2.15. The summed E-state index contributed by atoms with van der Waals surface area (Å²) in [6.45, 7) is 3.93. The molecule has 0 radical (unpaired) electrons. The summed E-state index contributed by atoms with van der Waals surface area (Å²) in [6.07, 6.45) is 2.43. The number of nitrogens with zero attached hydrogens (tertiary/aromatic N) is 1. The van der Waals surface area contributed by atoms with Crippen molar-refractivity contribution >= 4 is 0 Å². The molecular weight excluding hydrogens is 156 g/mol. The van der Waals surface area contributed by atoms with Gasteiger partial charge < -0.3 is 10.2 Å². The van der Waals surface area contributed by atoms with E-state index in [1.165, 1.54) is 12.8 Å². The van der Waals surface area contributed by atoms with Gasteiger partial charge in [0.2, 0.25) is 0 Å². The third kappa shape index (κ3) is 3.06. The second kappa shape index (κ2) is 4.18. The maximum Gasteiger partial charge on any atom is 0.0986 e. The van der Waals surface area contributed by atoms with E-state index in [0.717, 1.165) is 13.1 Å². The first-order valence-corrected chi connectivity index (χ1v) is 4.46. The van der Waals surface area contributed by atoms with Crippen LogP contribution in [0.2, 0.25) is 0 Å². The zero-order valence-electron chi connectivity index (χ0n) is 7.58. The minimum absolute atomic E-state index is 0.201. The van der Waals surface area contributed by atoms with Gasteiger partial charge in [-0.15, -0.1) is 0 Å². The first-order valence-electron chi connectivity index (χ1n) is 4.46. The normalized spacial score (nSPS) is 24.2. The van der Waals surface area contributed by atoms with Gasteiger partial charge in [-0.3, -0.25) is 5.43 Å². The van der Waals surface area contributed by atoms with Crippen molar-refractivity contribution in [2.75, 3.05) is 26.2 Å². The first kappa shape index (κ1) is 9.92. The third-order valence-electron chi connectivity index (χ3n) is 2.13. The molecule has 0 amide bonds. The molecule has 1 heterocycles. The van der Waals surface area contributed by atoms with Gasteiger partial charge in [0, 0.05) is 19.6 Å². The van der Waals surface area contributed by atoms with E-state index < -0.39 is 5.60 Å². The molecule has 0 aliphatic carbocycles. The van der Waals surface area contributed by atoms with E-state index in [2.05, 4.69) is 10.4 Å². The predicted molar refractivity (Wildman–Crippen MR) is 46.5 cm³/mol. The maximum atomic E-state index is 9.44. The largest absolute Gasteiger partial charge is 0.393 e. The lowest BCUT2D eigenvalue weighted by Gasteiger charge is -2.25. The van der Waals surface area contributed by atoms with Gasteiger partial charge in [-0.05, 0) is 19.8 Å². The number of nitrogens with one attached hydrogen (secondary N) is 1. The molecule has 3 N–H and O–H groups in total. The summed E-state index contributed by atoms with van der Waals surface area (Å²) < 4.78 is 0. The molecule has 72 valence electrons. The summed E-state index contributed by atoms with van der Waals surface area (Å²) in [5.41, 5.74) is 2.10. The van der Waals surface area contributed by atoms with Gasteiger partial charge in [-0.1, -0.05) is 0 Å². The van der Waals surface area contributed by atoms with Gasteiger partial charge in [0.25, 0.3) is 0 Å². The molecule has 0 unspecified atom stereocenters. The van der Waals surface area contributed by atoms with Crippen molar-refractivity contribution in [3.05, 3.63) is 0 Å². The monoisotopic (exact) mass is 174 g/mol. The highest BCUT2D eigenvalue weighted by atomic mass is 16.3. The van der Waals surface area contributed by atoms with Crippen LogP contribution in [0.4, 0.5) is 0 Å². The van der Waals surface area contributed by atoms with Crippen molar-refractivity contribution in [1.29, 1.82) is 0 Å². The van der Waals surface area contributed by atoms with Crippen LogP contribution in [0.3, 0.4) is 0 Å². The molecule has 1 fully saturated rings. The van der Waals surface area contributed by atoms with Crippen LogP contribution in [0.25, 0.3) is 0 Å². The summed E-state index contributed by atoms with van der Waals surface area (Å²) in [4.78, 5) is 0. The fourth-order valence-corrected chi connectivity index (χ4v) is 1.21. The lowest BCUT2D eigenvalue weighted by atomic mass is 10.1. The molecule has 4 heteroatoms. The number of hydrazine groups is 1. The van der Waals surface area contributed by atoms with Crippen LogP contribution in [0, 0.1) is 0 Å². The fraction of sp³-hybridized carbons (Fsp3) is 1.00. The van der Waals surface area contributed by atoms with Crippen molar-refractivity contribution in [1.82, 2.24) is 10.4 Å². The summed E-state index contributed by atoms with van der Waals surface area (Å²) >= 11 is 0. The minimum Gasteiger partial charge on any atom is -0.393 e. The van der Waals surface area contributed by atoms with Crippen molar-refractivity contribution in [3.8, 4) is 0 Å². The Bertz CT molecular complexity index is 133. The number of aliphatic hydroxyl groups excluding tert-OH is 1. The smallest absolute Gasteiger partial charge is 0.0986 e. The van der Waals surface area contributed by atoms with Crippen LogP contribution in [-0.4, -0.2) is 47.1 Å². The maximum absolute atomic E-state index is 9.44. The molecule has 0 saturated carbocycles. The summed E-state index contributed by atoms with van der Waals surface area (Å²) in [7, 11) is 0. The van der Waals surface area contributed by atoms with E-state index in [9.17, 15) is 5.11 Å². The van der Waals surface area contributed by atoms with Crippen LogP contribution in [0.1, 0.15) is 19.8 Å². The highest BCUT2D eigenvalue weighted by molar-refractivity contribution is 4.74. The second-order valence-corrected chi connectivity index (χ2v) is 3.68. The Morgan fingerprint density at radius 1 is 1.42 bits per heavy atom. The van der Waals surface area contributed by atoms with E-state index in [0.29, 0.717) is 6.54 Å². The molecule has 0 aromatic carbocycles. The summed E-state index contributed by atoms with van der Waals surface area (Å²) in [5, 5.41) is 20.3. The molecule has 0 bridgehead atoms. The van der Waals surface area contributed by atoms with Gasteiger partial charge in [0.15, 0.2) is 0 Å². The third-order valence-corrected chi connectivity index (χ3v) is 2.13. The fourth-order valence-electron chi connectivity index (χ4n) is 1.21. The molecule has 4 nitrogen and oxygen atoms in total. The SMILES string of the molecule is C[C@](O)(CO)CNN1CCCC1. The van der Waals surface area contributed by atoms with Gasteiger partial charge in [0.1, 0.15) is 0 Å². The minimum atomic E-state index is -0.997. The predicted octanol–water partition coefficient (Wildman–Crippen LogP) is -0.670. The molecule has 0 aromatic heterocycles. The van der Waals surface area contributed by atoms with Crippen LogP contribution in [0.5, 0.6) is 0 Å². The zero-order valence-corrected chi connectivity index (χ0v) is 7.58. The van der Waals surface area contributed by atoms with Crippen LogP contribution >= 0.6 is 0 Å². The Morgan fingerprint density at radius 3 is 2.50 bits per heavy atom. The van der Waals surface area contributed by atoms with Gasteiger partial charge in [0.05, 0.1) is 12.2 Å². The Hall–Kier alpha value is -0.160. The lowest BCUT2D eigenvalue weighted by molar-refractivity contribution is -0.0114. The van der Waals surface area contributed by atoms with Crippen LogP contribution in [-0.2, 0) is 0 Å². The van der Waals surface area contributed by atoms with Crippen molar-refractivity contribution in [2.45, 2.75) is 25.4 Å². The quantitative estimate of drug-likeness (QED) is 0.529. The average Bonchev–Trinajstić information content (AvgIpc) is 2.53. The van der Waals surface area contributed by atoms with Gasteiger partial charge >= 0.3 is 0 Å². The van der Waals surface area contributed by atoms with E-state index in [1.54, 1.807) is 6.92 Å². The van der Waals surface area contributed by atoms with E-state index >= 15 is 0 Å². The lowest BCUT2D eigenvalue weighted by Crippen LogP contribution is -2.47. The Morgan fingerprint density at radius 2 is 2.00 bits per heavy atom. The highest BCUT2D eigenvalue weighted by Gasteiger charge is 2.20. The zero-order chi connectivity index (χ0) is 9.03. The number of rotatable bonds is 4. The van der Waals surface area contributed by atoms with Gasteiger partial charge in [-0.25, -0.2) is 5.01 Å². The summed E-state index contributed by atoms with van der Waals surface area (Å²) in [5.74, 6) is 0. The Labute approximate surface area is 73.2 Å². The average molecular weight is 174 g/mol. The Kier molecular flexibility index (Phi) is 3.46. The standard InChI is InChI=1S/C8H18N2O2/c1-8(12,7-11)6-9-10-4-2-3-5-10/h9,11-12H,2-7H2,1H3/t8-/m1/s1. The van der Waals surface area contributed by atoms with E-state index in [-0.39, 0.29) is 6.61 Å². The highest BCUT2D eigenvalue weighted by Crippen LogP contribution is 2.05. The molecule has 0 aromatic rings. The second-order valence-electron chi connectivity index (χ2n) is 3.68. The molecule has 12 heavy (non-hydrogen) atoms. The molecule has 1 aliphatic heterocycles. The number of aliphatic hydroxyl groups is 2. The molecule has 1 aliphatic rings. The number of hydrogen-bond donors (Lipinski definition) is 3. The molecule has 1 saturated heterocycles. The summed E-state index contributed by atoms with van der Waals surface area (Å²) in [6, 6.07) is 0. The van der Waals surface area contributed by atoms with Crippen molar-refractivity contribution < 1.29 is 10.2 Å². The molecule has 1 atom stereocenters. The van der Waals surface area contributed by atoms with Gasteiger partial charge in [-0.2, -0.15) is 0 Å².